The van der Waals surface area contributed by atoms with Gasteiger partial charge in [-0.25, -0.2) is 18.7 Å². The number of ketones is 1. The lowest BCUT2D eigenvalue weighted by Gasteiger charge is -2.51. The zero-order chi connectivity index (χ0) is 67.9. The van der Waals surface area contributed by atoms with E-state index >= 15 is 8.78 Å². The third-order valence-electron chi connectivity index (χ3n) is 23.4. The summed E-state index contributed by atoms with van der Waals surface area (Å²) in [5, 5.41) is 51.8. The Hall–Kier alpha value is -6.00. The predicted octanol–water partition coefficient (Wildman–Crippen LogP) is 15.8. The second kappa shape index (κ2) is 26.3. The van der Waals surface area contributed by atoms with E-state index in [1.54, 1.807) is 50.2 Å². The number of aliphatic carboxylic acids is 1. The van der Waals surface area contributed by atoms with Crippen molar-refractivity contribution in [1.29, 1.82) is 0 Å². The molecule has 8 aliphatic rings. The van der Waals surface area contributed by atoms with Gasteiger partial charge in [-0.05, 0) is 216 Å². The number of halogens is 6. The van der Waals surface area contributed by atoms with Gasteiger partial charge >= 0.3 is 5.97 Å². The fourth-order valence-electron chi connectivity index (χ4n) is 18.3. The Labute approximate surface area is 571 Å². The molecule has 24 heteroatoms. The van der Waals surface area contributed by atoms with E-state index in [1.807, 2.05) is 6.07 Å². The lowest BCUT2D eigenvalue weighted by molar-refractivity contribution is -0.142. The molecule has 6 aliphatic carbocycles. The van der Waals surface area contributed by atoms with Crippen molar-refractivity contribution in [2.45, 2.75) is 216 Å². The molecule has 8 atom stereocenters. The number of carbonyl (C=O) groups excluding carboxylic acids is 3. The molecule has 4 aromatic heterocycles. The smallest absolute Gasteiger partial charge is 0.307 e. The molecule has 18 nitrogen and oxygen atoms in total. The van der Waals surface area contributed by atoms with Crippen molar-refractivity contribution in [3.8, 4) is 0 Å². The Bertz CT molecular complexity index is 3900. The number of aliphatic hydroxyl groups excluding tert-OH is 2. The fourth-order valence-corrected chi connectivity index (χ4v) is 19.0. The Balaban J connectivity index is 0.000000155. The number of fused-ring (bicyclic) bond motifs is 6. The first-order valence-electron chi connectivity index (χ1n) is 33.4. The molecule has 4 spiro atoms. The van der Waals surface area contributed by atoms with Crippen LogP contribution in [0.25, 0.3) is 0 Å². The number of nitrogens with zero attached hydrogens (tertiary/aromatic N) is 6. The van der Waals surface area contributed by atoms with Crippen molar-refractivity contribution >= 4 is 81.3 Å². The Kier molecular flexibility index (Phi) is 19.1. The topological polar surface area (TPSA) is 283 Å². The Morgan fingerprint density at radius 3 is 1.40 bits per heavy atom. The summed E-state index contributed by atoms with van der Waals surface area (Å²) >= 11 is 25.0. The number of amides is 2. The van der Waals surface area contributed by atoms with Crippen LogP contribution in [0, 0.1) is 51.0 Å². The van der Waals surface area contributed by atoms with E-state index in [0.717, 1.165) is 95.5 Å². The van der Waals surface area contributed by atoms with Gasteiger partial charge in [0.15, 0.2) is 21.9 Å². The van der Waals surface area contributed by atoms with Crippen LogP contribution in [0.2, 0.25) is 20.4 Å². The predicted molar refractivity (Wildman–Crippen MR) is 354 cm³/mol. The van der Waals surface area contributed by atoms with Gasteiger partial charge in [-0.2, -0.15) is 0 Å². The van der Waals surface area contributed by atoms with Crippen LogP contribution in [0.5, 0.6) is 0 Å². The SMILES string of the molecule is CC1(C)CCC2(CC1)C[C@@H](C(=O)O)[C@H](c1ccnc(Cl)c1F)[C@]21C(=O)Nc2cc(Cl)ccc21.C[C@@H](O)c1nnc(C2CCC(CC(=O)[C@@H]3CC4(CCC(C)(C)CC4)[C@@]4(C(=O)Nc5cc(Cl)ccc54)[C@H]3c3ccnc(Cl)c3F)CC2)o1.C[C@@H](O)c1nnc(C2CCC(N)CC2)o1. The van der Waals surface area contributed by atoms with Crippen LogP contribution < -0.4 is 16.4 Å². The normalized spacial score (nSPS) is 29.6. The first-order valence-corrected chi connectivity index (χ1v) is 34.9. The summed E-state index contributed by atoms with van der Waals surface area (Å²) < 4.78 is 42.7. The number of aliphatic hydroxyl groups is 2. The number of anilines is 2. The van der Waals surface area contributed by atoms with Crippen molar-refractivity contribution in [2.75, 3.05) is 10.6 Å². The minimum Gasteiger partial charge on any atom is -0.481 e. The maximum Gasteiger partial charge on any atom is 0.307 e. The maximum atomic E-state index is 16.2. The van der Waals surface area contributed by atoms with Crippen LogP contribution in [0.3, 0.4) is 0 Å². The molecule has 508 valence electrons. The maximum absolute atomic E-state index is 16.2. The van der Waals surface area contributed by atoms with Crippen LogP contribution in [0.15, 0.2) is 69.8 Å². The van der Waals surface area contributed by atoms with Gasteiger partial charge in [-0.1, -0.05) is 86.2 Å². The average Bonchev–Trinajstić information content (AvgIpc) is 1.52. The molecule has 2 aromatic carbocycles. The van der Waals surface area contributed by atoms with Gasteiger partial charge in [0.1, 0.15) is 18.0 Å². The van der Waals surface area contributed by atoms with Gasteiger partial charge in [0.2, 0.25) is 35.4 Å². The molecule has 7 N–H and O–H groups in total. The largest absolute Gasteiger partial charge is 0.481 e. The number of hydrogen-bond donors (Lipinski definition) is 6. The second-order valence-electron chi connectivity index (χ2n) is 30.0. The van der Waals surface area contributed by atoms with E-state index in [0.29, 0.717) is 82.3 Å². The van der Waals surface area contributed by atoms with E-state index in [-0.39, 0.29) is 74.0 Å². The standard InChI is InChI=1S/C36H41Cl2FN4O4.C25H25Cl2FN2O3.C10H17N3O2/c1-19(44)31-42-43-32(47-31)21-6-4-20(5-7-21)16-27(45)24-18-35(13-11-34(2,3)12-14-35)36(28(24)23-10-15-40-30(38)29(23)39)25-9-8-22(37)17-26(25)41-33(36)46;1-23(2)6-8-24(9-7-23)12-15(21(31)32)18(14-5-10-29-20(27)19(14)28)25(24)16-4-3-13(26)11-17(16)30-22(25)33;1-6(14)9-12-13-10(15-9)7-2-4-8(11)5-3-7/h8-10,15,17,19-21,24,28,44H,4-7,11-14,16,18H2,1-3H3,(H,41,46);3-5,10-11,15,18H,6-9,12H2,1-2H3,(H,30,33)(H,31,32);6-8,14H,2-5,11H2,1H3/t19-,20?,21?,24+,28+,36-;15-,18+,25-;6-,7?,8?/m111/s1. The first kappa shape index (κ1) is 68.9. The number of rotatable bonds is 10. The summed E-state index contributed by atoms with van der Waals surface area (Å²) in [5.74, 6) is -3.88. The number of carboxylic acid groups (broad SMARTS) is 1. The Morgan fingerprint density at radius 1 is 0.600 bits per heavy atom. The number of pyridine rings is 2. The molecular formula is C71H83Cl4F2N9O9. The highest BCUT2D eigenvalue weighted by Crippen LogP contribution is 2.74. The minimum absolute atomic E-state index is 0.0660. The van der Waals surface area contributed by atoms with Gasteiger partial charge in [0.05, 0.1) is 16.7 Å². The highest BCUT2D eigenvalue weighted by Gasteiger charge is 2.74. The van der Waals surface area contributed by atoms with Crippen molar-refractivity contribution in [3.05, 3.63) is 139 Å². The van der Waals surface area contributed by atoms with E-state index in [2.05, 4.69) is 68.7 Å². The number of hydrogen-bond acceptors (Lipinski definition) is 15. The minimum atomic E-state index is -1.25. The number of benzene rings is 2. The number of nitrogens with one attached hydrogen (secondary N) is 2. The molecule has 2 aliphatic heterocycles. The first-order chi connectivity index (χ1) is 45.0. The number of carbonyl (C=O) groups is 4. The lowest BCUT2D eigenvalue weighted by atomic mass is 9.51. The molecule has 0 bridgehead atoms. The van der Waals surface area contributed by atoms with E-state index in [1.165, 1.54) is 18.5 Å². The molecule has 14 rings (SSSR count). The highest BCUT2D eigenvalue weighted by atomic mass is 35.5. The monoisotopic (exact) mass is 1380 g/mol. The fraction of sp³-hybridized carbons (Fsp3) is 0.577. The highest BCUT2D eigenvalue weighted by molar-refractivity contribution is 6.32. The van der Waals surface area contributed by atoms with Crippen LogP contribution in [0.1, 0.15) is 245 Å². The van der Waals surface area contributed by atoms with E-state index in [9.17, 15) is 34.5 Å². The summed E-state index contributed by atoms with van der Waals surface area (Å²) in [6, 6.07) is 14.0. The molecule has 0 unspecified atom stereocenters. The van der Waals surface area contributed by atoms with Gasteiger partial charge in [-0.15, -0.1) is 20.4 Å². The molecule has 2 amide bonds. The summed E-state index contributed by atoms with van der Waals surface area (Å²) in [6.07, 6.45) is 16.1. The number of aromatic nitrogens is 6. The number of Topliss-reactive ketones (excluding diaryl/α,β-unsaturated/α-hetero) is 1. The van der Waals surface area contributed by atoms with Crippen LogP contribution in [-0.2, 0) is 30.0 Å². The Morgan fingerprint density at radius 2 is 1.00 bits per heavy atom. The van der Waals surface area contributed by atoms with Crippen molar-refractivity contribution in [1.82, 2.24) is 30.4 Å². The summed E-state index contributed by atoms with van der Waals surface area (Å²) in [7, 11) is 0. The number of carboxylic acids is 1. The van der Waals surface area contributed by atoms with E-state index < -0.39 is 75.1 Å². The number of nitrogens with two attached hydrogens (primary N) is 1. The van der Waals surface area contributed by atoms with Crippen molar-refractivity contribution in [2.24, 2.45) is 45.1 Å². The van der Waals surface area contributed by atoms with Crippen molar-refractivity contribution in [3.63, 3.8) is 0 Å². The van der Waals surface area contributed by atoms with Gasteiger partial charge in [-0.3, -0.25) is 19.2 Å². The van der Waals surface area contributed by atoms with Crippen molar-refractivity contribution < 1.29 is 52.1 Å². The zero-order valence-corrected chi connectivity index (χ0v) is 57.3. The quantitative estimate of drug-likeness (QED) is 0.0695. The van der Waals surface area contributed by atoms with E-state index in [4.69, 9.17) is 61.0 Å². The molecule has 95 heavy (non-hydrogen) atoms. The average molecular weight is 1390 g/mol. The van der Waals surface area contributed by atoms with Crippen LogP contribution >= 0.6 is 46.4 Å². The molecular weight excluding hydrogens is 1300 g/mol. The molecule has 6 aromatic rings. The molecule has 0 saturated heterocycles. The molecule has 0 radical (unpaired) electrons. The lowest BCUT2D eigenvalue weighted by Crippen LogP contribution is -2.52. The van der Waals surface area contributed by atoms with Crippen LogP contribution in [-0.4, -0.2) is 75.3 Å². The molecule has 6 fully saturated rings. The third-order valence-corrected chi connectivity index (χ3v) is 24.4. The van der Waals surface area contributed by atoms with Gasteiger partial charge in [0, 0.05) is 75.9 Å². The van der Waals surface area contributed by atoms with Gasteiger partial charge in [0.25, 0.3) is 0 Å². The summed E-state index contributed by atoms with van der Waals surface area (Å²) in [6.45, 7) is 12.1. The summed E-state index contributed by atoms with van der Waals surface area (Å²) in [4.78, 5) is 63.8. The molecule has 6 heterocycles. The zero-order valence-electron chi connectivity index (χ0n) is 54.3. The van der Waals surface area contributed by atoms with Gasteiger partial charge < -0.3 is 40.5 Å². The molecule has 6 saturated carbocycles. The summed E-state index contributed by atoms with van der Waals surface area (Å²) in [5.41, 5.74) is 5.46. The third kappa shape index (κ3) is 12.3. The second-order valence-corrected chi connectivity index (χ2v) is 31.6. The van der Waals surface area contributed by atoms with Crippen LogP contribution in [0.4, 0.5) is 20.2 Å².